The number of thiophene rings is 1. The monoisotopic (exact) mass is 227 g/mol. The van der Waals surface area contributed by atoms with Gasteiger partial charge in [-0.05, 0) is 36.8 Å². The van der Waals surface area contributed by atoms with Gasteiger partial charge < -0.3 is 10.1 Å². The van der Waals surface area contributed by atoms with E-state index in [1.807, 2.05) is 11.3 Å². The summed E-state index contributed by atoms with van der Waals surface area (Å²) < 4.78 is 5.02. The van der Waals surface area contributed by atoms with E-state index >= 15 is 0 Å². The van der Waals surface area contributed by atoms with Crippen LogP contribution in [0.4, 0.5) is 0 Å². The summed E-state index contributed by atoms with van der Waals surface area (Å²) in [4.78, 5) is 1.39. The van der Waals surface area contributed by atoms with Gasteiger partial charge in [0.05, 0.1) is 6.61 Å². The van der Waals surface area contributed by atoms with E-state index in [9.17, 15) is 0 Å². The number of methoxy groups -OCH3 is 1. The van der Waals surface area contributed by atoms with E-state index in [4.69, 9.17) is 4.74 Å². The Balaban J connectivity index is 2.42. The highest BCUT2D eigenvalue weighted by Crippen LogP contribution is 2.24. The van der Waals surface area contributed by atoms with Crippen LogP contribution in [0.3, 0.4) is 0 Å². The van der Waals surface area contributed by atoms with Gasteiger partial charge >= 0.3 is 0 Å². The number of aryl methyl sites for hydroxylation is 1. The molecular formula is C12H21NOS. The summed E-state index contributed by atoms with van der Waals surface area (Å²) in [5.74, 6) is 0.562. The first kappa shape index (κ1) is 12.7. The molecule has 86 valence electrons. The highest BCUT2D eigenvalue weighted by atomic mass is 32.1. The van der Waals surface area contributed by atoms with Crippen LogP contribution in [-0.4, -0.2) is 26.3 Å². The molecule has 1 aromatic rings. The Morgan fingerprint density at radius 2 is 2.20 bits per heavy atom. The van der Waals surface area contributed by atoms with E-state index in [1.165, 1.54) is 10.4 Å². The first-order valence-corrected chi connectivity index (χ1v) is 6.30. The lowest BCUT2D eigenvalue weighted by atomic mass is 9.97. The lowest BCUT2D eigenvalue weighted by molar-refractivity contribution is 0.195. The summed E-state index contributed by atoms with van der Waals surface area (Å²) in [7, 11) is 1.73. The quantitative estimate of drug-likeness (QED) is 0.755. The van der Waals surface area contributed by atoms with Gasteiger partial charge in [0.25, 0.3) is 0 Å². The Bertz CT molecular complexity index is 285. The van der Waals surface area contributed by atoms with Gasteiger partial charge in [-0.3, -0.25) is 0 Å². The van der Waals surface area contributed by atoms with Crippen molar-refractivity contribution in [1.82, 2.24) is 5.32 Å². The molecule has 2 nitrogen and oxygen atoms in total. The van der Waals surface area contributed by atoms with Crippen LogP contribution in [0.5, 0.6) is 0 Å². The molecule has 1 N–H and O–H groups in total. The van der Waals surface area contributed by atoms with Crippen LogP contribution in [-0.2, 0) is 4.74 Å². The maximum absolute atomic E-state index is 5.02. The average molecular weight is 227 g/mol. The predicted octanol–water partition coefficient (Wildman–Crippen LogP) is 2.78. The number of nitrogens with one attached hydrogen (secondary N) is 1. The molecule has 0 aromatic carbocycles. The molecule has 0 aliphatic carbocycles. The molecule has 0 fully saturated rings. The van der Waals surface area contributed by atoms with E-state index in [2.05, 4.69) is 37.5 Å². The number of hydrogen-bond donors (Lipinski definition) is 1. The number of ether oxygens (including phenoxy) is 1. The van der Waals surface area contributed by atoms with Crippen molar-refractivity contribution in [2.75, 3.05) is 20.3 Å². The largest absolute Gasteiger partial charge is 0.383 e. The van der Waals surface area contributed by atoms with Crippen LogP contribution < -0.4 is 5.32 Å². The highest BCUT2D eigenvalue weighted by molar-refractivity contribution is 7.10. The van der Waals surface area contributed by atoms with E-state index in [1.54, 1.807) is 7.11 Å². The molecule has 0 radical (unpaired) electrons. The van der Waals surface area contributed by atoms with Crippen LogP contribution in [0, 0.1) is 6.92 Å². The Kier molecular flexibility index (Phi) is 5.29. The molecule has 0 aliphatic rings. The van der Waals surface area contributed by atoms with Crippen molar-refractivity contribution in [3.05, 3.63) is 21.9 Å². The first-order valence-electron chi connectivity index (χ1n) is 5.42. The molecule has 3 heteroatoms. The van der Waals surface area contributed by atoms with E-state index in [-0.39, 0.29) is 0 Å². The van der Waals surface area contributed by atoms with Crippen molar-refractivity contribution in [2.45, 2.75) is 32.7 Å². The van der Waals surface area contributed by atoms with E-state index in [0.29, 0.717) is 12.0 Å². The summed E-state index contributed by atoms with van der Waals surface area (Å²) in [6.07, 6.45) is 0. The van der Waals surface area contributed by atoms with Crippen LogP contribution in [0.1, 0.15) is 30.2 Å². The second-order valence-corrected chi connectivity index (χ2v) is 5.13. The molecular weight excluding hydrogens is 206 g/mol. The Labute approximate surface area is 96.7 Å². The fraction of sp³-hybridized carbons (Fsp3) is 0.667. The summed E-state index contributed by atoms with van der Waals surface area (Å²) in [5.41, 5.74) is 1.44. The maximum atomic E-state index is 5.02. The normalized spacial score (nSPS) is 15.2. The van der Waals surface area contributed by atoms with Gasteiger partial charge in [-0.2, -0.15) is 0 Å². The van der Waals surface area contributed by atoms with Crippen molar-refractivity contribution < 1.29 is 4.74 Å². The zero-order valence-corrected chi connectivity index (χ0v) is 10.9. The van der Waals surface area contributed by atoms with Gasteiger partial charge in [-0.15, -0.1) is 11.3 Å². The molecule has 1 rings (SSSR count). The second-order valence-electron chi connectivity index (χ2n) is 4.01. The van der Waals surface area contributed by atoms with Gasteiger partial charge in [-0.25, -0.2) is 0 Å². The number of hydrogen-bond acceptors (Lipinski definition) is 3. The van der Waals surface area contributed by atoms with Crippen molar-refractivity contribution in [3.63, 3.8) is 0 Å². The van der Waals surface area contributed by atoms with Gasteiger partial charge in [0, 0.05) is 24.6 Å². The van der Waals surface area contributed by atoms with E-state index < -0.39 is 0 Å². The second kappa shape index (κ2) is 6.26. The molecule has 2 unspecified atom stereocenters. The Morgan fingerprint density at radius 1 is 1.47 bits per heavy atom. The van der Waals surface area contributed by atoms with Crippen LogP contribution in [0.25, 0.3) is 0 Å². The van der Waals surface area contributed by atoms with Gasteiger partial charge in [0.2, 0.25) is 0 Å². The minimum absolute atomic E-state index is 0.495. The van der Waals surface area contributed by atoms with Gasteiger partial charge in [0.15, 0.2) is 0 Å². The first-order chi connectivity index (χ1) is 7.15. The Morgan fingerprint density at radius 3 is 2.73 bits per heavy atom. The molecule has 0 amide bonds. The SMILES string of the molecule is COCCNC(C)C(C)c1csc(C)c1. The van der Waals surface area contributed by atoms with Crippen LogP contribution >= 0.6 is 11.3 Å². The summed E-state index contributed by atoms with van der Waals surface area (Å²) >= 11 is 1.83. The smallest absolute Gasteiger partial charge is 0.0587 e. The van der Waals surface area contributed by atoms with Crippen molar-refractivity contribution in [2.24, 2.45) is 0 Å². The fourth-order valence-corrected chi connectivity index (χ4v) is 2.37. The topological polar surface area (TPSA) is 21.3 Å². The van der Waals surface area contributed by atoms with E-state index in [0.717, 1.165) is 13.2 Å². The molecule has 15 heavy (non-hydrogen) atoms. The van der Waals surface area contributed by atoms with Crippen molar-refractivity contribution >= 4 is 11.3 Å². The minimum atomic E-state index is 0.495. The van der Waals surface area contributed by atoms with Crippen molar-refractivity contribution in [1.29, 1.82) is 0 Å². The zero-order chi connectivity index (χ0) is 11.3. The fourth-order valence-electron chi connectivity index (χ4n) is 1.56. The standard InChI is InChI=1S/C12H21NOS/c1-9-7-12(8-15-9)10(2)11(3)13-5-6-14-4/h7-8,10-11,13H,5-6H2,1-4H3. The molecule has 0 spiro atoms. The van der Waals surface area contributed by atoms with Gasteiger partial charge in [0.1, 0.15) is 0 Å². The third-order valence-electron chi connectivity index (χ3n) is 2.80. The summed E-state index contributed by atoms with van der Waals surface area (Å²) in [5, 5.41) is 5.73. The molecule has 1 heterocycles. The zero-order valence-electron chi connectivity index (χ0n) is 10.0. The van der Waals surface area contributed by atoms with Crippen LogP contribution in [0.15, 0.2) is 11.4 Å². The van der Waals surface area contributed by atoms with Gasteiger partial charge in [-0.1, -0.05) is 6.92 Å². The molecule has 1 aromatic heterocycles. The summed E-state index contributed by atoms with van der Waals surface area (Å²) in [6.45, 7) is 8.36. The third-order valence-corrected chi connectivity index (χ3v) is 3.68. The lowest BCUT2D eigenvalue weighted by Gasteiger charge is -2.20. The minimum Gasteiger partial charge on any atom is -0.383 e. The molecule has 0 saturated heterocycles. The van der Waals surface area contributed by atoms with Crippen molar-refractivity contribution in [3.8, 4) is 0 Å². The highest BCUT2D eigenvalue weighted by Gasteiger charge is 2.14. The van der Waals surface area contributed by atoms with Crippen LogP contribution in [0.2, 0.25) is 0 Å². The Hall–Kier alpha value is -0.380. The summed E-state index contributed by atoms with van der Waals surface area (Å²) in [6, 6.07) is 2.78. The average Bonchev–Trinajstić information content (AvgIpc) is 2.64. The molecule has 0 aliphatic heterocycles. The molecule has 0 saturated carbocycles. The maximum Gasteiger partial charge on any atom is 0.0587 e. The third kappa shape index (κ3) is 3.93. The molecule has 0 bridgehead atoms. The predicted molar refractivity (Wildman–Crippen MR) is 66.8 cm³/mol. The number of rotatable bonds is 6. The molecule has 2 atom stereocenters. The lowest BCUT2D eigenvalue weighted by Crippen LogP contribution is -2.33.